The van der Waals surface area contributed by atoms with Gasteiger partial charge in [0, 0.05) is 37.0 Å². The predicted octanol–water partition coefficient (Wildman–Crippen LogP) is -5.40. The molecule has 0 aromatic heterocycles. The molecule has 1 spiro atoms. The molecule has 4 aliphatic carbocycles. The number of carbonyl (C=O) groups is 2. The Balaban J connectivity index is 0.00000162. The Hall–Kier alpha value is 0. The topological polar surface area (TPSA) is 117 Å². The molecule has 1 heterocycles. The second kappa shape index (κ2) is 10.4. The van der Waals surface area contributed by atoms with Crippen LogP contribution in [-0.2, 0) is 34.6 Å². The fraction of sp³-hybridized carbons (Fsp3) is 0.667. The summed E-state index contributed by atoms with van der Waals surface area (Å²) in [6, 6.07) is 8.11. The van der Waals surface area contributed by atoms with Gasteiger partial charge in [-0.3, -0.25) is 0 Å². The molecule has 1 aliphatic heterocycles. The quantitative estimate of drug-likeness (QED) is 0.202. The van der Waals surface area contributed by atoms with Crippen molar-refractivity contribution in [2.75, 3.05) is 13.7 Å². The third-order valence-electron chi connectivity index (χ3n) is 8.23. The molecule has 5 aliphatic rings. The monoisotopic (exact) mass is 490 g/mol. The molecule has 34 heavy (non-hydrogen) atoms. The first-order chi connectivity index (χ1) is 15.3. The number of aryl methyl sites for hydroxylation is 1. The minimum atomic E-state index is -1.67. The summed E-state index contributed by atoms with van der Waals surface area (Å²) < 4.78 is 12.3. The van der Waals surface area contributed by atoms with Crippen LogP contribution in [0.1, 0.15) is 49.7 Å². The van der Waals surface area contributed by atoms with Crippen LogP contribution in [0.3, 0.4) is 0 Å². The molecule has 8 nitrogen and oxygen atoms in total. The van der Waals surface area contributed by atoms with Gasteiger partial charge in [-0.25, -0.2) is 4.89 Å². The van der Waals surface area contributed by atoms with E-state index in [4.69, 9.17) is 19.2 Å². The van der Waals surface area contributed by atoms with E-state index in [0.29, 0.717) is 5.92 Å². The van der Waals surface area contributed by atoms with Crippen molar-refractivity contribution >= 4 is 11.9 Å². The van der Waals surface area contributed by atoms with Crippen molar-refractivity contribution in [1.29, 1.82) is 0 Å². The van der Waals surface area contributed by atoms with E-state index in [2.05, 4.69) is 6.07 Å². The van der Waals surface area contributed by atoms with Crippen LogP contribution in [0.4, 0.5) is 0 Å². The zero-order chi connectivity index (χ0) is 22.7. The van der Waals surface area contributed by atoms with E-state index in [1.807, 2.05) is 25.1 Å². The van der Waals surface area contributed by atoms with Crippen molar-refractivity contribution in [3.05, 3.63) is 35.4 Å². The maximum Gasteiger partial charge on any atom is 1.00 e. The Bertz CT molecular complexity index is 905. The number of methoxy groups -OCH3 is 1. The summed E-state index contributed by atoms with van der Waals surface area (Å²) in [6.07, 6.45) is 4.18. The second-order valence-corrected chi connectivity index (χ2v) is 10.0. The van der Waals surface area contributed by atoms with Gasteiger partial charge in [0.05, 0.1) is 17.5 Å². The van der Waals surface area contributed by atoms with Gasteiger partial charge in [0.25, 0.3) is 5.79 Å². The van der Waals surface area contributed by atoms with E-state index in [0.717, 1.165) is 43.2 Å². The van der Waals surface area contributed by atoms with Crippen LogP contribution >= 0.6 is 0 Å². The summed E-state index contributed by atoms with van der Waals surface area (Å²) in [4.78, 5) is 33.9. The first-order valence-electron chi connectivity index (χ1n) is 11.3. The van der Waals surface area contributed by atoms with E-state index in [-0.39, 0.29) is 84.0 Å². The largest absolute Gasteiger partial charge is 1.00 e. The third kappa shape index (κ3) is 4.26. The van der Waals surface area contributed by atoms with Crippen LogP contribution in [-0.4, -0.2) is 36.9 Å². The van der Waals surface area contributed by atoms with Crippen LogP contribution < -0.4 is 69.3 Å². The SMILES string of the molecule is COC1(c2cccc(C)c2)OOC12C1CC3CC2CC(OCCC(C(=O)[O-])C(=O)[O-])(C3)C1.[Na+].[Na+]. The molecule has 0 N–H and O–H groups in total. The first-order valence-corrected chi connectivity index (χ1v) is 11.3. The average Bonchev–Trinajstić information content (AvgIpc) is 2.70. The van der Waals surface area contributed by atoms with Crippen molar-refractivity contribution in [1.82, 2.24) is 0 Å². The van der Waals surface area contributed by atoms with Gasteiger partial charge in [0.2, 0.25) is 0 Å². The van der Waals surface area contributed by atoms with E-state index in [1.54, 1.807) is 7.11 Å². The molecule has 0 radical (unpaired) electrons. The maximum absolute atomic E-state index is 11.1. The number of aliphatic carboxylic acids is 2. The van der Waals surface area contributed by atoms with Crippen LogP contribution in [0.25, 0.3) is 0 Å². The summed E-state index contributed by atoms with van der Waals surface area (Å²) in [5.74, 6) is -5.13. The molecule has 0 amide bonds. The van der Waals surface area contributed by atoms with Crippen LogP contribution in [0, 0.1) is 30.6 Å². The molecule has 1 saturated heterocycles. The summed E-state index contributed by atoms with van der Waals surface area (Å²) >= 11 is 0. The van der Waals surface area contributed by atoms with E-state index in [1.165, 1.54) is 0 Å². The Labute approximate surface area is 243 Å². The van der Waals surface area contributed by atoms with Crippen LogP contribution in [0.2, 0.25) is 0 Å². The Morgan fingerprint density at radius 2 is 1.74 bits per heavy atom. The smallest absolute Gasteiger partial charge is 0.549 e. The molecule has 3 atom stereocenters. The number of hydrogen-bond donors (Lipinski definition) is 0. The number of carboxylic acids is 2. The minimum absolute atomic E-state index is 0. The molecule has 1 aromatic rings. The Morgan fingerprint density at radius 1 is 1.09 bits per heavy atom. The summed E-state index contributed by atoms with van der Waals surface area (Å²) in [6.45, 7) is 2.07. The van der Waals surface area contributed by atoms with Crippen LogP contribution in [0.15, 0.2) is 24.3 Å². The fourth-order valence-electron chi connectivity index (χ4n) is 7.12. The van der Waals surface area contributed by atoms with Gasteiger partial charge in [-0.15, -0.1) is 0 Å². The Kier molecular flexibility index (Phi) is 8.74. The molecule has 4 bridgehead atoms. The van der Waals surface area contributed by atoms with Crippen molar-refractivity contribution in [3.8, 4) is 0 Å². The van der Waals surface area contributed by atoms with E-state index in [9.17, 15) is 19.8 Å². The molecular formula is C24H28Na2O8. The normalized spacial score (nSPS) is 37.1. The zero-order valence-electron chi connectivity index (χ0n) is 20.3. The molecule has 174 valence electrons. The van der Waals surface area contributed by atoms with Crippen molar-refractivity contribution in [2.24, 2.45) is 23.7 Å². The average molecular weight is 490 g/mol. The molecule has 4 saturated carbocycles. The number of rotatable bonds is 8. The van der Waals surface area contributed by atoms with Gasteiger partial charge in [-0.2, -0.15) is 4.89 Å². The first kappa shape index (κ1) is 28.6. The van der Waals surface area contributed by atoms with Crippen molar-refractivity contribution in [3.63, 3.8) is 0 Å². The predicted molar refractivity (Wildman–Crippen MR) is 105 cm³/mol. The van der Waals surface area contributed by atoms with Gasteiger partial charge >= 0.3 is 59.1 Å². The van der Waals surface area contributed by atoms with Gasteiger partial charge in [0.1, 0.15) is 0 Å². The standard InChI is InChI=1S/C24H30O8.2Na/c1-14-4-3-5-16(8-14)24(29-2)23(31-32-24)17-9-15-10-18(23)13-22(11-15,12-17)30-7-6-19(20(25)26)21(27)28;;/h3-5,8,15,17-19H,6-7,9-13H2,1-2H3,(H,25,26)(H,27,28);;/q;2*+1/p-2. The third-order valence-corrected chi connectivity index (χ3v) is 8.23. The summed E-state index contributed by atoms with van der Waals surface area (Å²) in [7, 11) is 1.66. The molecular weight excluding hydrogens is 462 g/mol. The number of ether oxygens (including phenoxy) is 2. The second-order valence-electron chi connectivity index (χ2n) is 10.0. The summed E-state index contributed by atoms with van der Waals surface area (Å²) in [5.41, 5.74) is 1.05. The van der Waals surface area contributed by atoms with Crippen molar-refractivity contribution in [2.45, 2.75) is 62.4 Å². The summed E-state index contributed by atoms with van der Waals surface area (Å²) in [5, 5.41) is 22.1. The molecule has 10 heteroatoms. The zero-order valence-corrected chi connectivity index (χ0v) is 24.3. The van der Waals surface area contributed by atoms with Gasteiger partial charge in [0.15, 0.2) is 5.60 Å². The Morgan fingerprint density at radius 3 is 2.24 bits per heavy atom. The van der Waals surface area contributed by atoms with Gasteiger partial charge in [-0.1, -0.05) is 29.8 Å². The molecule has 5 fully saturated rings. The van der Waals surface area contributed by atoms with E-state index < -0.39 is 34.8 Å². The minimum Gasteiger partial charge on any atom is -0.549 e. The van der Waals surface area contributed by atoms with E-state index >= 15 is 0 Å². The van der Waals surface area contributed by atoms with Gasteiger partial charge in [-0.05, 0) is 51.4 Å². The number of benzene rings is 1. The number of hydrogen-bond acceptors (Lipinski definition) is 8. The maximum atomic E-state index is 11.1. The molecule has 6 rings (SSSR count). The van der Waals surface area contributed by atoms with Crippen LogP contribution in [0.5, 0.6) is 0 Å². The fourth-order valence-corrected chi connectivity index (χ4v) is 7.12. The number of carboxylic acid groups (broad SMARTS) is 2. The van der Waals surface area contributed by atoms with Crippen molar-refractivity contribution < 1.29 is 98.2 Å². The molecule has 3 unspecified atom stereocenters. The molecule has 1 aromatic carbocycles. The number of carbonyl (C=O) groups excluding carboxylic acids is 2. The van der Waals surface area contributed by atoms with Gasteiger partial charge < -0.3 is 29.3 Å².